The summed E-state index contributed by atoms with van der Waals surface area (Å²) in [6, 6.07) is 7.75. The van der Waals surface area contributed by atoms with Gasteiger partial charge in [0.2, 0.25) is 0 Å². The van der Waals surface area contributed by atoms with Gasteiger partial charge in [0.25, 0.3) is 5.69 Å². The van der Waals surface area contributed by atoms with Gasteiger partial charge in [0.05, 0.1) is 9.95 Å². The van der Waals surface area contributed by atoms with Gasteiger partial charge in [0.15, 0.2) is 11.6 Å². The van der Waals surface area contributed by atoms with Crippen molar-refractivity contribution in [1.82, 2.24) is 0 Å². The van der Waals surface area contributed by atoms with Gasteiger partial charge in [-0.3, -0.25) is 10.1 Å². The second-order valence-electron chi connectivity index (χ2n) is 4.45. The molecule has 1 unspecified atom stereocenters. The predicted molar refractivity (Wildman–Crippen MR) is 77.2 cm³/mol. The number of hydrogen-bond acceptors (Lipinski definition) is 4. The molecule has 0 aromatic heterocycles. The molecule has 0 amide bonds. The molecular weight excluding hydrogens is 299 g/mol. The molecule has 2 aromatic carbocycles. The number of nitro groups is 1. The molecule has 0 spiro atoms. The first-order valence-electron chi connectivity index (χ1n) is 6.05. The summed E-state index contributed by atoms with van der Waals surface area (Å²) in [5, 5.41) is 10.6. The first kappa shape index (κ1) is 15.2. The van der Waals surface area contributed by atoms with E-state index in [1.165, 1.54) is 24.3 Å². The monoisotopic (exact) mass is 310 g/mol. The SMILES string of the molecule is CC(N)c1ccc(Oc2ccc([N+](=O)[O-])cc2Cl)c(F)c1. The van der Waals surface area contributed by atoms with Gasteiger partial charge in [-0.05, 0) is 30.7 Å². The minimum Gasteiger partial charge on any atom is -0.453 e. The highest BCUT2D eigenvalue weighted by molar-refractivity contribution is 6.32. The van der Waals surface area contributed by atoms with Crippen LogP contribution in [0.4, 0.5) is 10.1 Å². The van der Waals surface area contributed by atoms with Crippen LogP contribution in [-0.4, -0.2) is 4.92 Å². The Morgan fingerprint density at radius 3 is 2.48 bits per heavy atom. The lowest BCUT2D eigenvalue weighted by Crippen LogP contribution is -2.05. The van der Waals surface area contributed by atoms with Crippen LogP contribution in [0.15, 0.2) is 36.4 Å². The third-order valence-corrected chi connectivity index (χ3v) is 3.12. The zero-order valence-electron chi connectivity index (χ0n) is 11.0. The smallest absolute Gasteiger partial charge is 0.271 e. The number of rotatable bonds is 4. The van der Waals surface area contributed by atoms with Gasteiger partial charge in [0, 0.05) is 18.2 Å². The second kappa shape index (κ2) is 6.07. The van der Waals surface area contributed by atoms with Crippen LogP contribution in [0.5, 0.6) is 11.5 Å². The summed E-state index contributed by atoms with van der Waals surface area (Å²) in [7, 11) is 0. The Labute approximate surface area is 125 Å². The fourth-order valence-corrected chi connectivity index (χ4v) is 1.90. The quantitative estimate of drug-likeness (QED) is 0.678. The second-order valence-corrected chi connectivity index (χ2v) is 4.86. The van der Waals surface area contributed by atoms with Crippen LogP contribution >= 0.6 is 11.6 Å². The predicted octanol–water partition coefficient (Wildman–Crippen LogP) is 4.20. The number of ether oxygens (including phenoxy) is 1. The van der Waals surface area contributed by atoms with Crippen molar-refractivity contribution >= 4 is 17.3 Å². The molecule has 2 rings (SSSR count). The summed E-state index contributed by atoms with van der Waals surface area (Å²) in [6.07, 6.45) is 0. The maximum Gasteiger partial charge on any atom is 0.271 e. The van der Waals surface area contributed by atoms with Crippen LogP contribution in [0.3, 0.4) is 0 Å². The molecule has 0 radical (unpaired) electrons. The summed E-state index contributed by atoms with van der Waals surface area (Å²) in [4.78, 5) is 10.0. The lowest BCUT2D eigenvalue weighted by molar-refractivity contribution is -0.384. The highest BCUT2D eigenvalue weighted by Gasteiger charge is 2.13. The first-order chi connectivity index (χ1) is 9.88. The number of nitrogens with two attached hydrogens (primary N) is 1. The van der Waals surface area contributed by atoms with E-state index >= 15 is 0 Å². The molecule has 110 valence electrons. The van der Waals surface area contributed by atoms with E-state index in [9.17, 15) is 14.5 Å². The number of halogens is 2. The van der Waals surface area contributed by atoms with Crippen molar-refractivity contribution < 1.29 is 14.1 Å². The normalized spacial score (nSPS) is 12.0. The van der Waals surface area contributed by atoms with Crippen molar-refractivity contribution in [3.05, 3.63) is 62.9 Å². The fraction of sp³-hybridized carbons (Fsp3) is 0.143. The molecule has 0 saturated carbocycles. The van der Waals surface area contributed by atoms with E-state index in [4.69, 9.17) is 22.1 Å². The number of nitrogens with zero attached hydrogens (tertiary/aromatic N) is 1. The molecule has 0 saturated heterocycles. The number of non-ortho nitro benzene ring substituents is 1. The van der Waals surface area contributed by atoms with E-state index in [-0.39, 0.29) is 28.3 Å². The summed E-state index contributed by atoms with van der Waals surface area (Å²) in [6.45, 7) is 1.74. The highest BCUT2D eigenvalue weighted by atomic mass is 35.5. The van der Waals surface area contributed by atoms with E-state index in [0.717, 1.165) is 6.07 Å². The third-order valence-electron chi connectivity index (χ3n) is 2.83. The van der Waals surface area contributed by atoms with E-state index in [1.54, 1.807) is 13.0 Å². The van der Waals surface area contributed by atoms with E-state index in [0.29, 0.717) is 5.56 Å². The molecule has 0 aliphatic rings. The van der Waals surface area contributed by atoms with Crippen LogP contribution in [0, 0.1) is 15.9 Å². The van der Waals surface area contributed by atoms with Crippen molar-refractivity contribution in [3.63, 3.8) is 0 Å². The van der Waals surface area contributed by atoms with Gasteiger partial charge in [-0.2, -0.15) is 0 Å². The van der Waals surface area contributed by atoms with Crippen molar-refractivity contribution in [3.8, 4) is 11.5 Å². The Morgan fingerprint density at radius 1 is 1.29 bits per heavy atom. The molecule has 0 aliphatic heterocycles. The summed E-state index contributed by atoms with van der Waals surface area (Å²) < 4.78 is 19.2. The molecule has 7 heteroatoms. The van der Waals surface area contributed by atoms with Gasteiger partial charge in [0.1, 0.15) is 5.75 Å². The Morgan fingerprint density at radius 2 is 1.95 bits per heavy atom. The van der Waals surface area contributed by atoms with Crippen LogP contribution in [-0.2, 0) is 0 Å². The average Bonchev–Trinajstić information content (AvgIpc) is 2.42. The number of benzene rings is 2. The van der Waals surface area contributed by atoms with Crippen LogP contribution < -0.4 is 10.5 Å². The van der Waals surface area contributed by atoms with Crippen LogP contribution in [0.1, 0.15) is 18.5 Å². The molecule has 0 fully saturated rings. The molecule has 1 atom stereocenters. The molecule has 2 aromatic rings. The summed E-state index contributed by atoms with van der Waals surface area (Å²) >= 11 is 5.89. The molecule has 5 nitrogen and oxygen atoms in total. The molecule has 0 heterocycles. The van der Waals surface area contributed by atoms with Crippen LogP contribution in [0.2, 0.25) is 5.02 Å². The van der Waals surface area contributed by atoms with Crippen molar-refractivity contribution in [2.24, 2.45) is 5.73 Å². The first-order valence-corrected chi connectivity index (χ1v) is 6.43. The molecule has 2 N–H and O–H groups in total. The molecule has 0 aliphatic carbocycles. The zero-order valence-corrected chi connectivity index (χ0v) is 11.8. The molecular formula is C14H12ClFN2O3. The van der Waals surface area contributed by atoms with Gasteiger partial charge in [-0.25, -0.2) is 4.39 Å². The zero-order chi connectivity index (χ0) is 15.6. The topological polar surface area (TPSA) is 78.4 Å². The largest absolute Gasteiger partial charge is 0.453 e. The number of nitro benzene ring substituents is 1. The van der Waals surface area contributed by atoms with E-state index < -0.39 is 10.7 Å². The Bertz CT molecular complexity index is 692. The average molecular weight is 311 g/mol. The third kappa shape index (κ3) is 3.48. The Hall–Kier alpha value is -2.18. The maximum absolute atomic E-state index is 13.9. The minimum absolute atomic E-state index is 0.0277. The number of hydrogen-bond donors (Lipinski definition) is 1. The Balaban J connectivity index is 2.28. The fourth-order valence-electron chi connectivity index (χ4n) is 1.69. The standard InChI is InChI=1S/C14H12ClFN2O3/c1-8(17)9-2-4-14(12(16)6-9)21-13-5-3-10(18(19)20)7-11(13)15/h2-8H,17H2,1H3. The highest BCUT2D eigenvalue weighted by Crippen LogP contribution is 2.33. The van der Waals surface area contributed by atoms with Gasteiger partial charge in [-0.15, -0.1) is 0 Å². The summed E-state index contributed by atoms with van der Waals surface area (Å²) in [5.74, 6) is -0.482. The minimum atomic E-state index is -0.584. The lowest BCUT2D eigenvalue weighted by Gasteiger charge is -2.11. The van der Waals surface area contributed by atoms with Gasteiger partial charge < -0.3 is 10.5 Å². The maximum atomic E-state index is 13.9. The van der Waals surface area contributed by atoms with Gasteiger partial charge in [-0.1, -0.05) is 17.7 Å². The lowest BCUT2D eigenvalue weighted by atomic mass is 10.1. The molecule has 0 bridgehead atoms. The summed E-state index contributed by atoms with van der Waals surface area (Å²) in [5.41, 5.74) is 6.13. The van der Waals surface area contributed by atoms with Crippen molar-refractivity contribution in [2.75, 3.05) is 0 Å². The van der Waals surface area contributed by atoms with Crippen LogP contribution in [0.25, 0.3) is 0 Å². The van der Waals surface area contributed by atoms with E-state index in [1.807, 2.05) is 0 Å². The van der Waals surface area contributed by atoms with E-state index in [2.05, 4.69) is 0 Å². The molecule has 21 heavy (non-hydrogen) atoms. The van der Waals surface area contributed by atoms with Crippen molar-refractivity contribution in [1.29, 1.82) is 0 Å². The van der Waals surface area contributed by atoms with Gasteiger partial charge >= 0.3 is 0 Å². The van der Waals surface area contributed by atoms with Crippen molar-refractivity contribution in [2.45, 2.75) is 13.0 Å². The Kier molecular flexibility index (Phi) is 4.40.